The fourth-order valence-electron chi connectivity index (χ4n) is 0.492. The lowest BCUT2D eigenvalue weighted by Gasteiger charge is -2.12. The van der Waals surface area contributed by atoms with Crippen molar-refractivity contribution in [1.82, 2.24) is 0 Å². The molecule has 0 bridgehead atoms. The van der Waals surface area contributed by atoms with E-state index in [4.69, 9.17) is 12.6 Å². The first-order valence-electron chi connectivity index (χ1n) is 2.61. The second-order valence-electron chi connectivity index (χ2n) is 2.22. The van der Waals surface area contributed by atoms with E-state index < -0.39 is 0 Å². The summed E-state index contributed by atoms with van der Waals surface area (Å²) in [5, 5.41) is 0. The summed E-state index contributed by atoms with van der Waals surface area (Å²) in [6.45, 7) is 6.17. The molecule has 0 atom stereocenters. The first-order chi connectivity index (χ1) is 3.06. The highest BCUT2D eigenvalue weighted by atomic mass is 32.1. The maximum Gasteiger partial charge on any atom is 0.0238 e. The van der Waals surface area contributed by atoms with Gasteiger partial charge in [-0.1, -0.05) is 26.0 Å². The normalized spacial score (nSPS) is 12.0. The van der Waals surface area contributed by atoms with E-state index in [1.54, 1.807) is 0 Å². The minimum atomic E-state index is 0.00868. The molecule has 0 spiro atoms. The molecule has 0 aromatic heterocycles. The van der Waals surface area contributed by atoms with Crippen LogP contribution in [0, 0.1) is 6.42 Å². The monoisotopic (exact) mass is 116 g/mol. The molecule has 0 aliphatic heterocycles. The lowest BCUT2D eigenvalue weighted by Crippen LogP contribution is -2.09. The molecule has 0 amide bonds. The van der Waals surface area contributed by atoms with Crippen molar-refractivity contribution in [3.63, 3.8) is 0 Å². The van der Waals surface area contributed by atoms with Crippen LogP contribution in [0.5, 0.6) is 0 Å². The van der Waals surface area contributed by atoms with Crippen LogP contribution < -0.4 is 0 Å². The van der Waals surface area contributed by atoms with Crippen molar-refractivity contribution in [2.45, 2.75) is 31.9 Å². The summed E-state index contributed by atoms with van der Waals surface area (Å²) in [5.41, 5.74) is 0. The van der Waals surface area contributed by atoms with Crippen molar-refractivity contribution in [1.29, 1.82) is 0 Å². The van der Waals surface area contributed by atoms with E-state index in [9.17, 15) is 0 Å². The topological polar surface area (TPSA) is 0 Å². The van der Waals surface area contributed by atoms with Gasteiger partial charge in [-0.3, -0.25) is 0 Å². The maximum atomic E-state index is 5.03. The van der Waals surface area contributed by atoms with Crippen molar-refractivity contribution in [2.24, 2.45) is 0 Å². The van der Waals surface area contributed by atoms with Gasteiger partial charge in [-0.15, -0.1) is 0 Å². The van der Waals surface area contributed by atoms with Crippen molar-refractivity contribution in [2.75, 3.05) is 0 Å². The van der Waals surface area contributed by atoms with E-state index in [0.29, 0.717) is 0 Å². The van der Waals surface area contributed by atoms with Crippen LogP contribution >= 0.6 is 12.6 Å². The Balaban J connectivity index is 3.15. The van der Waals surface area contributed by atoms with Crippen LogP contribution in [0.3, 0.4) is 0 Å². The van der Waals surface area contributed by atoms with Crippen molar-refractivity contribution in [3.05, 3.63) is 6.42 Å². The largest absolute Gasteiger partial charge is 0.0870 e. The van der Waals surface area contributed by atoms with Gasteiger partial charge in [0.15, 0.2) is 0 Å². The van der Waals surface area contributed by atoms with E-state index in [1.807, 2.05) is 13.8 Å². The lowest BCUT2D eigenvalue weighted by atomic mass is 10.1. The highest BCUT2D eigenvalue weighted by Crippen LogP contribution is 2.16. The van der Waals surface area contributed by atoms with E-state index in [2.05, 4.69) is 13.3 Å². The van der Waals surface area contributed by atoms with Gasteiger partial charge in [0.25, 0.3) is 0 Å². The highest BCUT2D eigenvalue weighted by molar-refractivity contribution is 7.81. The SMILES string of the molecule is CC[CH]C(C)(C)[S]. The minimum Gasteiger partial charge on any atom is -0.0870 e. The second kappa shape index (κ2) is 2.61. The summed E-state index contributed by atoms with van der Waals surface area (Å²) >= 11 is 5.03. The zero-order chi connectivity index (χ0) is 5.91. The number of hydrogen-bond acceptors (Lipinski definition) is 0. The van der Waals surface area contributed by atoms with Crippen LogP contribution in [0.25, 0.3) is 0 Å². The van der Waals surface area contributed by atoms with E-state index in [0.717, 1.165) is 6.42 Å². The summed E-state index contributed by atoms with van der Waals surface area (Å²) < 4.78 is 0.00868. The van der Waals surface area contributed by atoms with E-state index >= 15 is 0 Å². The maximum absolute atomic E-state index is 5.03. The lowest BCUT2D eigenvalue weighted by molar-refractivity contribution is 0.787. The molecule has 0 aromatic rings. The van der Waals surface area contributed by atoms with Crippen LogP contribution in [-0.4, -0.2) is 4.75 Å². The summed E-state index contributed by atoms with van der Waals surface area (Å²) in [5.74, 6) is 0. The number of hydrogen-bond donors (Lipinski definition) is 0. The average Bonchev–Trinajstić information content (AvgIpc) is 1.30. The van der Waals surface area contributed by atoms with Crippen LogP contribution in [0.4, 0.5) is 0 Å². The average molecular weight is 116 g/mol. The molecule has 0 N–H and O–H groups in total. The van der Waals surface area contributed by atoms with Crippen molar-refractivity contribution < 1.29 is 0 Å². The van der Waals surface area contributed by atoms with Gasteiger partial charge in [-0.2, -0.15) is 0 Å². The molecule has 0 saturated carbocycles. The first-order valence-corrected chi connectivity index (χ1v) is 3.02. The summed E-state index contributed by atoms with van der Waals surface area (Å²) in [7, 11) is 0. The molecular formula is C6H12S. The smallest absolute Gasteiger partial charge is 0.0238 e. The Bertz CT molecular complexity index is 42.6. The minimum absolute atomic E-state index is 0.00868. The quantitative estimate of drug-likeness (QED) is 0.520. The standard InChI is InChI=1S/C6H12S/c1-4-5-6(2,3)7/h5H,4H2,1-3H3. The predicted octanol–water partition coefficient (Wildman–Crippen LogP) is 2.58. The van der Waals surface area contributed by atoms with Gasteiger partial charge in [0, 0.05) is 4.75 Å². The van der Waals surface area contributed by atoms with Gasteiger partial charge in [0.2, 0.25) is 0 Å². The number of rotatable bonds is 2. The van der Waals surface area contributed by atoms with Gasteiger partial charge in [-0.25, -0.2) is 0 Å². The molecule has 0 nitrogen and oxygen atoms in total. The fourth-order valence-corrected chi connectivity index (χ4v) is 0.658. The third kappa shape index (κ3) is 6.35. The summed E-state index contributed by atoms with van der Waals surface area (Å²) in [4.78, 5) is 0. The molecule has 42 valence electrons. The van der Waals surface area contributed by atoms with Crippen LogP contribution in [-0.2, 0) is 0 Å². The molecule has 7 heavy (non-hydrogen) atoms. The Labute approximate surface area is 51.7 Å². The molecule has 0 aromatic carbocycles. The molecule has 0 rings (SSSR count). The van der Waals surface area contributed by atoms with Crippen molar-refractivity contribution in [3.8, 4) is 0 Å². The Morgan fingerprint density at radius 2 is 2.00 bits per heavy atom. The Morgan fingerprint density at radius 1 is 1.57 bits per heavy atom. The molecule has 0 fully saturated rings. The van der Waals surface area contributed by atoms with Crippen molar-refractivity contribution >= 4 is 12.6 Å². The molecule has 0 unspecified atom stereocenters. The molecule has 0 aliphatic carbocycles. The van der Waals surface area contributed by atoms with Gasteiger partial charge in [0.1, 0.15) is 0 Å². The molecule has 0 aliphatic rings. The second-order valence-corrected chi connectivity index (χ2v) is 3.27. The molecule has 0 heterocycles. The van der Waals surface area contributed by atoms with E-state index in [1.165, 1.54) is 0 Å². The van der Waals surface area contributed by atoms with Crippen LogP contribution in [0.15, 0.2) is 0 Å². The van der Waals surface area contributed by atoms with Crippen LogP contribution in [0.1, 0.15) is 27.2 Å². The van der Waals surface area contributed by atoms with Gasteiger partial charge < -0.3 is 0 Å². The molecular weight excluding hydrogens is 104 g/mol. The third-order valence-electron chi connectivity index (χ3n) is 0.696. The van der Waals surface area contributed by atoms with Gasteiger partial charge in [0.05, 0.1) is 0 Å². The Morgan fingerprint density at radius 3 is 2.00 bits per heavy atom. The van der Waals surface area contributed by atoms with Crippen LogP contribution in [0.2, 0.25) is 0 Å². The molecule has 2 radical (unpaired) electrons. The Kier molecular flexibility index (Phi) is 2.74. The fraction of sp³-hybridized carbons (Fsp3) is 0.833. The molecule has 0 saturated heterocycles. The summed E-state index contributed by atoms with van der Waals surface area (Å²) in [6.07, 6.45) is 3.21. The highest BCUT2D eigenvalue weighted by Gasteiger charge is 2.09. The first kappa shape index (κ1) is 7.35. The van der Waals surface area contributed by atoms with Gasteiger partial charge in [-0.05, 0) is 20.3 Å². The zero-order valence-corrected chi connectivity index (χ0v) is 6.01. The Hall–Kier alpha value is 0.350. The van der Waals surface area contributed by atoms with Gasteiger partial charge >= 0.3 is 0 Å². The predicted molar refractivity (Wildman–Crippen MR) is 36.3 cm³/mol. The third-order valence-corrected chi connectivity index (χ3v) is 0.862. The zero-order valence-electron chi connectivity index (χ0n) is 5.19. The molecule has 1 heteroatoms. The van der Waals surface area contributed by atoms with E-state index in [-0.39, 0.29) is 4.75 Å². The summed E-state index contributed by atoms with van der Waals surface area (Å²) in [6, 6.07) is 0.